The Labute approximate surface area is 104 Å². The molecule has 16 heavy (non-hydrogen) atoms. The largest absolute Gasteiger partial charge is 0.307 e. The standard InChI is InChI=1S/C14H12BrN/c1-10-7-11-9-14(15)16(13(11)8-10)12-5-3-2-4-6-12/h2-7,9H,8H2,1H3. The van der Waals surface area contributed by atoms with Crippen molar-refractivity contribution in [2.24, 2.45) is 0 Å². The highest BCUT2D eigenvalue weighted by atomic mass is 79.9. The van der Waals surface area contributed by atoms with Gasteiger partial charge < -0.3 is 4.57 Å². The number of hydrogen-bond donors (Lipinski definition) is 0. The van der Waals surface area contributed by atoms with Gasteiger partial charge >= 0.3 is 0 Å². The van der Waals surface area contributed by atoms with E-state index in [-0.39, 0.29) is 0 Å². The zero-order chi connectivity index (χ0) is 11.1. The number of benzene rings is 1. The number of allylic oxidation sites excluding steroid dienone is 1. The molecule has 3 rings (SSSR count). The van der Waals surface area contributed by atoms with Gasteiger partial charge in [0.25, 0.3) is 0 Å². The summed E-state index contributed by atoms with van der Waals surface area (Å²) in [6, 6.07) is 12.7. The molecule has 1 nitrogen and oxygen atoms in total. The van der Waals surface area contributed by atoms with Crippen molar-refractivity contribution in [2.75, 3.05) is 0 Å². The number of rotatable bonds is 1. The molecule has 0 spiro atoms. The molecule has 0 saturated heterocycles. The first kappa shape index (κ1) is 9.91. The van der Waals surface area contributed by atoms with E-state index in [1.807, 2.05) is 6.07 Å². The fraction of sp³-hybridized carbons (Fsp3) is 0.143. The zero-order valence-electron chi connectivity index (χ0n) is 9.07. The molecule has 0 aliphatic heterocycles. The number of nitrogens with zero attached hydrogens (tertiary/aromatic N) is 1. The Bertz CT molecular complexity index is 564. The molecule has 0 saturated carbocycles. The quantitative estimate of drug-likeness (QED) is 0.734. The first-order valence-electron chi connectivity index (χ1n) is 5.38. The number of fused-ring (bicyclic) bond motifs is 1. The summed E-state index contributed by atoms with van der Waals surface area (Å²) in [7, 11) is 0. The van der Waals surface area contributed by atoms with Crippen LogP contribution in [0.5, 0.6) is 0 Å². The third-order valence-electron chi connectivity index (χ3n) is 2.95. The Morgan fingerprint density at radius 3 is 2.69 bits per heavy atom. The molecule has 1 aliphatic rings. The lowest BCUT2D eigenvalue weighted by Crippen LogP contribution is -1.99. The predicted octanol–water partition coefficient (Wildman–Crippen LogP) is 4.20. The van der Waals surface area contributed by atoms with E-state index >= 15 is 0 Å². The van der Waals surface area contributed by atoms with Gasteiger partial charge in [-0.3, -0.25) is 0 Å². The SMILES string of the molecule is CC1=Cc2cc(Br)n(-c3ccccc3)c2C1. The van der Waals surface area contributed by atoms with Crippen LogP contribution in [0.15, 0.2) is 46.6 Å². The maximum atomic E-state index is 3.63. The van der Waals surface area contributed by atoms with Crippen LogP contribution in [0, 0.1) is 0 Å². The van der Waals surface area contributed by atoms with Gasteiger partial charge in [-0.1, -0.05) is 29.8 Å². The molecule has 0 unspecified atom stereocenters. The molecule has 0 amide bonds. The van der Waals surface area contributed by atoms with Crippen LogP contribution in [0.3, 0.4) is 0 Å². The van der Waals surface area contributed by atoms with Crippen LogP contribution < -0.4 is 0 Å². The average molecular weight is 274 g/mol. The molecule has 1 aliphatic carbocycles. The molecule has 1 heterocycles. The van der Waals surface area contributed by atoms with E-state index in [1.54, 1.807) is 0 Å². The van der Waals surface area contributed by atoms with Crippen molar-refractivity contribution in [1.82, 2.24) is 4.57 Å². The first-order valence-corrected chi connectivity index (χ1v) is 6.18. The van der Waals surface area contributed by atoms with Crippen molar-refractivity contribution in [3.63, 3.8) is 0 Å². The van der Waals surface area contributed by atoms with Crippen LogP contribution in [0.2, 0.25) is 0 Å². The molecular formula is C14H12BrN. The number of aromatic nitrogens is 1. The van der Waals surface area contributed by atoms with Crippen molar-refractivity contribution in [3.05, 3.63) is 57.8 Å². The highest BCUT2D eigenvalue weighted by Gasteiger charge is 2.18. The van der Waals surface area contributed by atoms with E-state index in [2.05, 4.69) is 63.8 Å². The third kappa shape index (κ3) is 1.45. The van der Waals surface area contributed by atoms with Gasteiger partial charge in [-0.15, -0.1) is 0 Å². The van der Waals surface area contributed by atoms with E-state index in [4.69, 9.17) is 0 Å². The second kappa shape index (κ2) is 3.63. The summed E-state index contributed by atoms with van der Waals surface area (Å²) in [5.41, 5.74) is 5.38. The van der Waals surface area contributed by atoms with Gasteiger partial charge in [0.15, 0.2) is 0 Å². The van der Waals surface area contributed by atoms with Crippen LogP contribution >= 0.6 is 15.9 Å². The monoisotopic (exact) mass is 273 g/mol. The zero-order valence-corrected chi connectivity index (χ0v) is 10.7. The topological polar surface area (TPSA) is 4.93 Å². The molecule has 0 N–H and O–H groups in total. The predicted molar refractivity (Wildman–Crippen MR) is 70.8 cm³/mol. The highest BCUT2D eigenvalue weighted by molar-refractivity contribution is 9.10. The van der Waals surface area contributed by atoms with Crippen molar-refractivity contribution >= 4 is 22.0 Å². The third-order valence-corrected chi connectivity index (χ3v) is 3.54. The molecule has 80 valence electrons. The summed E-state index contributed by atoms with van der Waals surface area (Å²) >= 11 is 3.63. The van der Waals surface area contributed by atoms with Crippen molar-refractivity contribution in [1.29, 1.82) is 0 Å². The van der Waals surface area contributed by atoms with Gasteiger partial charge in [0.1, 0.15) is 0 Å². The molecule has 1 aromatic carbocycles. The summed E-state index contributed by atoms with van der Waals surface area (Å²) in [4.78, 5) is 0. The Hall–Kier alpha value is -1.28. The van der Waals surface area contributed by atoms with Crippen molar-refractivity contribution in [2.45, 2.75) is 13.3 Å². The molecule has 2 heteroatoms. The smallest absolute Gasteiger partial charge is 0.0900 e. The Balaban J connectivity index is 2.19. The van der Waals surface area contributed by atoms with Crippen LogP contribution in [-0.2, 0) is 6.42 Å². The van der Waals surface area contributed by atoms with E-state index < -0.39 is 0 Å². The normalized spacial score (nSPS) is 13.8. The molecule has 0 radical (unpaired) electrons. The first-order chi connectivity index (χ1) is 7.75. The van der Waals surface area contributed by atoms with Crippen molar-refractivity contribution in [3.8, 4) is 5.69 Å². The molecular weight excluding hydrogens is 262 g/mol. The Morgan fingerprint density at radius 1 is 1.19 bits per heavy atom. The lowest BCUT2D eigenvalue weighted by molar-refractivity contribution is 0.942. The van der Waals surface area contributed by atoms with Crippen LogP contribution in [0.4, 0.5) is 0 Å². The number of hydrogen-bond acceptors (Lipinski definition) is 0. The summed E-state index contributed by atoms with van der Waals surface area (Å²) in [5.74, 6) is 0. The molecule has 0 bridgehead atoms. The van der Waals surface area contributed by atoms with Gasteiger partial charge in [-0.2, -0.15) is 0 Å². The van der Waals surface area contributed by atoms with E-state index in [0.29, 0.717) is 0 Å². The minimum absolute atomic E-state index is 1.05. The fourth-order valence-corrected chi connectivity index (χ4v) is 2.94. The molecule has 0 fully saturated rings. The molecule has 1 aromatic heterocycles. The summed E-state index contributed by atoms with van der Waals surface area (Å²) in [6.45, 7) is 2.18. The summed E-state index contributed by atoms with van der Waals surface area (Å²) in [6.07, 6.45) is 3.31. The number of para-hydroxylation sites is 1. The lowest BCUT2D eigenvalue weighted by atomic mass is 10.2. The highest BCUT2D eigenvalue weighted by Crippen LogP contribution is 2.33. The van der Waals surface area contributed by atoms with Crippen LogP contribution in [0.1, 0.15) is 18.2 Å². The minimum Gasteiger partial charge on any atom is -0.307 e. The van der Waals surface area contributed by atoms with E-state index in [1.165, 1.54) is 22.5 Å². The summed E-state index contributed by atoms with van der Waals surface area (Å²) < 4.78 is 3.41. The fourth-order valence-electron chi connectivity index (χ4n) is 2.28. The molecule has 0 atom stereocenters. The van der Waals surface area contributed by atoms with Gasteiger partial charge in [-0.05, 0) is 46.6 Å². The Kier molecular flexibility index (Phi) is 2.25. The van der Waals surface area contributed by atoms with Crippen LogP contribution in [-0.4, -0.2) is 4.57 Å². The minimum atomic E-state index is 1.05. The summed E-state index contributed by atoms with van der Waals surface area (Å²) in [5, 5.41) is 0. The van der Waals surface area contributed by atoms with Crippen molar-refractivity contribution < 1.29 is 0 Å². The van der Waals surface area contributed by atoms with E-state index in [0.717, 1.165) is 11.0 Å². The maximum absolute atomic E-state index is 3.63. The second-order valence-electron chi connectivity index (χ2n) is 4.21. The van der Waals surface area contributed by atoms with Gasteiger partial charge in [0.05, 0.1) is 4.60 Å². The van der Waals surface area contributed by atoms with Gasteiger partial charge in [0.2, 0.25) is 0 Å². The number of halogens is 1. The van der Waals surface area contributed by atoms with Gasteiger partial charge in [0, 0.05) is 17.8 Å². The maximum Gasteiger partial charge on any atom is 0.0900 e. The van der Waals surface area contributed by atoms with E-state index in [9.17, 15) is 0 Å². The average Bonchev–Trinajstić information content (AvgIpc) is 2.74. The van der Waals surface area contributed by atoms with Gasteiger partial charge in [-0.25, -0.2) is 0 Å². The molecule has 2 aromatic rings. The second-order valence-corrected chi connectivity index (χ2v) is 5.02. The Morgan fingerprint density at radius 2 is 1.94 bits per heavy atom. The lowest BCUT2D eigenvalue weighted by Gasteiger charge is -2.09. The van der Waals surface area contributed by atoms with Crippen LogP contribution in [0.25, 0.3) is 11.8 Å².